The molecular formula is C25H19NO6. The van der Waals surface area contributed by atoms with Crippen molar-refractivity contribution in [3.63, 3.8) is 0 Å². The van der Waals surface area contributed by atoms with E-state index in [-0.39, 0.29) is 16.7 Å². The molecule has 0 aliphatic rings. The third-order valence-electron chi connectivity index (χ3n) is 5.08. The normalized spacial score (nSPS) is 10.8. The van der Waals surface area contributed by atoms with Crippen LogP contribution in [0.5, 0.6) is 5.75 Å². The van der Waals surface area contributed by atoms with Crippen LogP contribution in [0.4, 0.5) is 5.69 Å². The lowest BCUT2D eigenvalue weighted by Gasteiger charge is -2.09. The van der Waals surface area contributed by atoms with Gasteiger partial charge in [0.15, 0.2) is 5.43 Å². The van der Waals surface area contributed by atoms with Crippen LogP contribution < -0.4 is 10.7 Å². The lowest BCUT2D eigenvalue weighted by Crippen LogP contribution is -2.12. The number of hydrogen-bond acceptors (Lipinski definition) is 5. The molecule has 0 aliphatic carbocycles. The second-order valence-electron chi connectivity index (χ2n) is 7.50. The Bertz CT molecular complexity index is 1430. The van der Waals surface area contributed by atoms with Crippen molar-refractivity contribution in [2.75, 3.05) is 5.32 Å². The summed E-state index contributed by atoms with van der Waals surface area (Å²) in [4.78, 5) is 36.1. The molecule has 4 aromatic rings. The first kappa shape index (κ1) is 20.9. The molecule has 7 nitrogen and oxygen atoms in total. The molecule has 0 spiro atoms. The highest BCUT2D eigenvalue weighted by atomic mass is 16.4. The minimum absolute atomic E-state index is 0.139. The van der Waals surface area contributed by atoms with E-state index in [0.29, 0.717) is 27.9 Å². The van der Waals surface area contributed by atoms with Gasteiger partial charge in [-0.15, -0.1) is 0 Å². The fraction of sp³-hybridized carbons (Fsp3) is 0.0800. The Labute approximate surface area is 182 Å². The number of anilines is 1. The highest BCUT2D eigenvalue weighted by Gasteiger charge is 2.13. The zero-order valence-electron chi connectivity index (χ0n) is 17.3. The first-order chi connectivity index (χ1) is 15.2. The number of hydrogen-bond donors (Lipinski definition) is 3. The summed E-state index contributed by atoms with van der Waals surface area (Å²) in [5.41, 5.74) is 3.23. The van der Waals surface area contributed by atoms with Gasteiger partial charge < -0.3 is 19.9 Å². The van der Waals surface area contributed by atoms with Crippen molar-refractivity contribution in [1.29, 1.82) is 0 Å². The molecule has 0 saturated carbocycles. The maximum absolute atomic E-state index is 12.6. The van der Waals surface area contributed by atoms with E-state index in [2.05, 4.69) is 5.32 Å². The van der Waals surface area contributed by atoms with Gasteiger partial charge in [-0.2, -0.15) is 0 Å². The van der Waals surface area contributed by atoms with Crippen LogP contribution in [0.15, 0.2) is 69.9 Å². The first-order valence-corrected chi connectivity index (χ1v) is 9.76. The molecule has 1 heterocycles. The lowest BCUT2D eigenvalue weighted by atomic mass is 10.1. The van der Waals surface area contributed by atoms with Gasteiger partial charge in [0.2, 0.25) is 0 Å². The average Bonchev–Trinajstić information content (AvgIpc) is 2.74. The van der Waals surface area contributed by atoms with Crippen LogP contribution in [0.3, 0.4) is 0 Å². The van der Waals surface area contributed by atoms with E-state index in [4.69, 9.17) is 9.52 Å². The smallest absolute Gasteiger partial charge is 0.339 e. The highest BCUT2D eigenvalue weighted by molar-refractivity contribution is 6.05. The SMILES string of the molecule is Cc1cc(C)c2oc(-c3ccc(C(=O)Nc4ccc(C(=O)O)c(O)c4)cc3)cc(=O)c2c1. The molecule has 7 heteroatoms. The second-order valence-corrected chi connectivity index (χ2v) is 7.50. The second kappa shape index (κ2) is 8.03. The zero-order valence-corrected chi connectivity index (χ0v) is 17.3. The van der Waals surface area contributed by atoms with E-state index in [1.54, 1.807) is 30.3 Å². The molecular weight excluding hydrogens is 410 g/mol. The third-order valence-corrected chi connectivity index (χ3v) is 5.08. The number of carbonyl (C=O) groups excluding carboxylic acids is 1. The number of aromatic carboxylic acids is 1. The highest BCUT2D eigenvalue weighted by Crippen LogP contribution is 2.26. The van der Waals surface area contributed by atoms with Crippen LogP contribution in [0, 0.1) is 13.8 Å². The Morgan fingerprint density at radius 2 is 1.66 bits per heavy atom. The number of nitrogens with one attached hydrogen (secondary N) is 1. The summed E-state index contributed by atoms with van der Waals surface area (Å²) in [7, 11) is 0. The molecule has 0 fully saturated rings. The molecule has 0 unspecified atom stereocenters. The molecule has 160 valence electrons. The Hall–Kier alpha value is -4.39. The predicted molar refractivity (Wildman–Crippen MR) is 120 cm³/mol. The molecule has 32 heavy (non-hydrogen) atoms. The number of aromatic hydroxyl groups is 1. The van der Waals surface area contributed by atoms with Crippen LogP contribution in [0.1, 0.15) is 31.8 Å². The monoisotopic (exact) mass is 429 g/mol. The molecule has 1 aromatic heterocycles. The van der Waals surface area contributed by atoms with E-state index >= 15 is 0 Å². The lowest BCUT2D eigenvalue weighted by molar-refractivity contribution is 0.0693. The van der Waals surface area contributed by atoms with E-state index in [9.17, 15) is 19.5 Å². The van der Waals surface area contributed by atoms with Crippen LogP contribution >= 0.6 is 0 Å². The topological polar surface area (TPSA) is 117 Å². The molecule has 0 atom stereocenters. The summed E-state index contributed by atoms with van der Waals surface area (Å²) in [5.74, 6) is -1.75. The average molecular weight is 429 g/mol. The van der Waals surface area contributed by atoms with Crippen molar-refractivity contribution in [1.82, 2.24) is 0 Å². The maximum Gasteiger partial charge on any atom is 0.339 e. The van der Waals surface area contributed by atoms with E-state index in [1.807, 2.05) is 19.9 Å². The van der Waals surface area contributed by atoms with Gasteiger partial charge in [0.05, 0.1) is 5.39 Å². The Kier molecular flexibility index (Phi) is 5.24. The van der Waals surface area contributed by atoms with Crippen molar-refractivity contribution < 1.29 is 24.2 Å². The third kappa shape index (κ3) is 3.96. The molecule has 1 amide bonds. The van der Waals surface area contributed by atoms with Crippen molar-refractivity contribution in [3.8, 4) is 17.1 Å². The van der Waals surface area contributed by atoms with Gasteiger partial charge in [0.25, 0.3) is 5.91 Å². The van der Waals surface area contributed by atoms with Gasteiger partial charge in [-0.1, -0.05) is 18.2 Å². The van der Waals surface area contributed by atoms with Crippen molar-refractivity contribution >= 4 is 28.5 Å². The van der Waals surface area contributed by atoms with Crippen LogP contribution in [0.2, 0.25) is 0 Å². The van der Waals surface area contributed by atoms with Gasteiger partial charge >= 0.3 is 5.97 Å². The maximum atomic E-state index is 12.6. The summed E-state index contributed by atoms with van der Waals surface area (Å²) in [5, 5.41) is 21.9. The van der Waals surface area contributed by atoms with Crippen molar-refractivity contribution in [2.45, 2.75) is 13.8 Å². The zero-order chi connectivity index (χ0) is 23.0. The largest absolute Gasteiger partial charge is 0.507 e. The number of phenols is 1. The molecule has 0 bridgehead atoms. The summed E-state index contributed by atoms with van der Waals surface area (Å²) >= 11 is 0. The van der Waals surface area contributed by atoms with Gasteiger partial charge in [-0.05, 0) is 55.3 Å². The molecule has 0 radical (unpaired) electrons. The van der Waals surface area contributed by atoms with Crippen molar-refractivity contribution in [3.05, 3.63) is 93.1 Å². The number of rotatable bonds is 4. The standard InChI is InChI=1S/C25H19NO6/c1-13-9-14(2)23-19(10-13)21(28)12-22(32-23)15-3-5-16(6-4-15)24(29)26-17-7-8-18(25(30)31)20(27)11-17/h3-12,27H,1-2H3,(H,26,29)(H,30,31). The first-order valence-electron chi connectivity index (χ1n) is 9.76. The number of carbonyl (C=O) groups is 2. The number of aryl methyl sites for hydroxylation is 2. The van der Waals surface area contributed by atoms with Crippen LogP contribution in [-0.2, 0) is 0 Å². The minimum atomic E-state index is -1.26. The van der Waals surface area contributed by atoms with Gasteiger partial charge in [-0.25, -0.2) is 4.79 Å². The number of amides is 1. The molecule has 0 saturated heterocycles. The summed E-state index contributed by atoms with van der Waals surface area (Å²) in [6.07, 6.45) is 0. The number of carboxylic acids is 1. The van der Waals surface area contributed by atoms with Crippen LogP contribution in [0.25, 0.3) is 22.3 Å². The van der Waals surface area contributed by atoms with Crippen molar-refractivity contribution in [2.24, 2.45) is 0 Å². The van der Waals surface area contributed by atoms with Gasteiger partial charge in [-0.3, -0.25) is 9.59 Å². The van der Waals surface area contributed by atoms with E-state index in [1.165, 1.54) is 24.3 Å². The summed E-state index contributed by atoms with van der Waals surface area (Å²) in [6, 6.07) is 15.5. The van der Waals surface area contributed by atoms with Crippen LogP contribution in [-0.4, -0.2) is 22.1 Å². The number of benzene rings is 3. The Balaban J connectivity index is 1.59. The number of carboxylic acid groups (broad SMARTS) is 1. The molecule has 0 aliphatic heterocycles. The van der Waals surface area contributed by atoms with Gasteiger partial charge in [0, 0.05) is 28.9 Å². The molecule has 3 aromatic carbocycles. The van der Waals surface area contributed by atoms with E-state index in [0.717, 1.165) is 11.1 Å². The minimum Gasteiger partial charge on any atom is -0.507 e. The van der Waals surface area contributed by atoms with E-state index < -0.39 is 17.6 Å². The summed E-state index contributed by atoms with van der Waals surface area (Å²) < 4.78 is 5.98. The number of fused-ring (bicyclic) bond motifs is 1. The fourth-order valence-electron chi connectivity index (χ4n) is 3.53. The quantitative estimate of drug-likeness (QED) is 0.432. The summed E-state index contributed by atoms with van der Waals surface area (Å²) in [6.45, 7) is 3.81. The van der Waals surface area contributed by atoms with Gasteiger partial charge in [0.1, 0.15) is 22.7 Å². The fourth-order valence-corrected chi connectivity index (χ4v) is 3.53. The predicted octanol–water partition coefficient (Wildman–Crippen LogP) is 4.73. The Morgan fingerprint density at radius 1 is 0.938 bits per heavy atom. The Morgan fingerprint density at radius 3 is 2.31 bits per heavy atom. The molecule has 3 N–H and O–H groups in total. The molecule has 4 rings (SSSR count).